The summed E-state index contributed by atoms with van der Waals surface area (Å²) in [5, 5.41) is 15.9. The number of para-hydroxylation sites is 1. The normalized spacial score (nSPS) is 11.8. The summed E-state index contributed by atoms with van der Waals surface area (Å²) >= 11 is 0. The van der Waals surface area contributed by atoms with Crippen molar-refractivity contribution >= 4 is 15.7 Å². The highest BCUT2D eigenvalue weighted by molar-refractivity contribution is 7.89. The van der Waals surface area contributed by atoms with Crippen LogP contribution in [0, 0.1) is 10.1 Å². The van der Waals surface area contributed by atoms with Gasteiger partial charge in [0.15, 0.2) is 4.90 Å². The molecule has 0 atom stereocenters. The third-order valence-corrected chi connectivity index (χ3v) is 3.00. The van der Waals surface area contributed by atoms with E-state index in [0.29, 0.717) is 5.56 Å². The molecule has 0 amide bonds. The Hall–Kier alpha value is -1.51. The van der Waals surface area contributed by atoms with Crippen LogP contribution in [-0.4, -0.2) is 32.3 Å². The van der Waals surface area contributed by atoms with Crippen molar-refractivity contribution in [2.45, 2.75) is 11.4 Å². The molecule has 0 aliphatic heterocycles. The zero-order valence-electron chi connectivity index (χ0n) is 9.45. The summed E-state index contributed by atoms with van der Waals surface area (Å²) in [6.45, 7) is 0.264. The van der Waals surface area contributed by atoms with Gasteiger partial charge in [-0.1, -0.05) is 12.1 Å². The highest BCUT2D eigenvalue weighted by atomic mass is 32.2. The molecule has 1 rings (SSSR count). The first-order valence-electron chi connectivity index (χ1n) is 4.67. The molecule has 0 aliphatic rings. The minimum atomic E-state index is -4.10. The second kappa shape index (κ2) is 4.78. The Bertz CT molecular complexity index is 539. The molecule has 1 aromatic carbocycles. The smallest absolute Gasteiger partial charge is 0.293 e. The third kappa shape index (κ3) is 3.22. The first kappa shape index (κ1) is 13.6. The number of hydrogen-bond donors (Lipinski definition) is 1. The van der Waals surface area contributed by atoms with Gasteiger partial charge in [-0.05, 0) is 20.2 Å². The van der Waals surface area contributed by atoms with Crippen molar-refractivity contribution in [2.24, 2.45) is 5.14 Å². The van der Waals surface area contributed by atoms with Crippen molar-refractivity contribution in [3.63, 3.8) is 0 Å². The second-order valence-corrected chi connectivity index (χ2v) is 5.33. The van der Waals surface area contributed by atoms with Crippen molar-refractivity contribution in [3.8, 4) is 0 Å². The van der Waals surface area contributed by atoms with Crippen molar-refractivity contribution in [2.75, 3.05) is 14.1 Å². The van der Waals surface area contributed by atoms with Gasteiger partial charge < -0.3 is 4.90 Å². The summed E-state index contributed by atoms with van der Waals surface area (Å²) in [6, 6.07) is 4.07. The van der Waals surface area contributed by atoms with Gasteiger partial charge in [0.05, 0.1) is 4.92 Å². The van der Waals surface area contributed by atoms with Gasteiger partial charge in [-0.3, -0.25) is 10.1 Å². The molecule has 0 bridgehead atoms. The summed E-state index contributed by atoms with van der Waals surface area (Å²) in [5.74, 6) is 0. The lowest BCUT2D eigenvalue weighted by Gasteiger charge is -2.11. The molecule has 0 aliphatic carbocycles. The lowest BCUT2D eigenvalue weighted by atomic mass is 10.2. The average Bonchev–Trinajstić information content (AvgIpc) is 2.14. The maximum absolute atomic E-state index is 11.3. The number of benzene rings is 1. The van der Waals surface area contributed by atoms with Crippen molar-refractivity contribution < 1.29 is 13.3 Å². The molecule has 0 saturated carbocycles. The Morgan fingerprint density at radius 2 is 2.00 bits per heavy atom. The van der Waals surface area contributed by atoms with Crippen molar-refractivity contribution in [3.05, 3.63) is 33.9 Å². The first-order valence-corrected chi connectivity index (χ1v) is 6.22. The number of nitrogens with zero attached hydrogens (tertiary/aromatic N) is 2. The second-order valence-electron chi connectivity index (χ2n) is 3.80. The van der Waals surface area contributed by atoms with E-state index in [-0.39, 0.29) is 6.54 Å². The fraction of sp³-hybridized carbons (Fsp3) is 0.333. The molecule has 1 aromatic rings. The SMILES string of the molecule is CN(C)Cc1cccc(S(N)(=O)=O)c1[N+](=O)[O-]. The molecule has 0 saturated heterocycles. The lowest BCUT2D eigenvalue weighted by molar-refractivity contribution is -0.388. The number of sulfonamides is 1. The minimum Gasteiger partial charge on any atom is -0.305 e. The number of rotatable bonds is 4. The van der Waals surface area contributed by atoms with E-state index in [0.717, 1.165) is 6.07 Å². The van der Waals surface area contributed by atoms with Crippen LogP contribution in [0.15, 0.2) is 23.1 Å². The fourth-order valence-corrected chi connectivity index (χ4v) is 2.22. The number of nitro groups is 1. The summed E-state index contributed by atoms with van der Waals surface area (Å²) in [4.78, 5) is 11.5. The monoisotopic (exact) mass is 259 g/mol. The third-order valence-electron chi connectivity index (χ3n) is 2.06. The standard InChI is InChI=1S/C9H13N3O4S/c1-11(2)6-7-4-3-5-8(17(10,15)16)9(7)12(13)14/h3-5H,6H2,1-2H3,(H2,10,15,16). The molecule has 7 nitrogen and oxygen atoms in total. The molecular formula is C9H13N3O4S. The molecule has 0 radical (unpaired) electrons. The zero-order chi connectivity index (χ0) is 13.2. The van der Waals surface area contributed by atoms with Gasteiger partial charge in [0.25, 0.3) is 5.69 Å². The number of primary sulfonamides is 1. The van der Waals surface area contributed by atoms with E-state index in [2.05, 4.69) is 0 Å². The summed E-state index contributed by atoms with van der Waals surface area (Å²) in [5.41, 5.74) is -0.143. The van der Waals surface area contributed by atoms with E-state index in [1.54, 1.807) is 19.0 Å². The Morgan fingerprint density at radius 3 is 2.41 bits per heavy atom. The van der Waals surface area contributed by atoms with E-state index in [4.69, 9.17) is 5.14 Å². The molecule has 17 heavy (non-hydrogen) atoms. The molecule has 94 valence electrons. The van der Waals surface area contributed by atoms with Crippen LogP contribution in [-0.2, 0) is 16.6 Å². The van der Waals surface area contributed by atoms with Gasteiger partial charge in [0, 0.05) is 12.1 Å². The van der Waals surface area contributed by atoms with Crippen LogP contribution < -0.4 is 5.14 Å². The average molecular weight is 259 g/mol. The summed E-state index contributed by atoms with van der Waals surface area (Å²) in [7, 11) is -0.638. The van der Waals surface area contributed by atoms with E-state index in [1.165, 1.54) is 12.1 Å². The highest BCUT2D eigenvalue weighted by Crippen LogP contribution is 2.27. The first-order chi connectivity index (χ1) is 7.73. The number of hydrogen-bond acceptors (Lipinski definition) is 5. The molecule has 0 aromatic heterocycles. The Labute approximate surface area is 99.0 Å². The summed E-state index contributed by atoms with van der Waals surface area (Å²) < 4.78 is 22.5. The van der Waals surface area contributed by atoms with E-state index in [1.807, 2.05) is 0 Å². The molecule has 0 unspecified atom stereocenters. The topological polar surface area (TPSA) is 107 Å². The van der Waals surface area contributed by atoms with E-state index >= 15 is 0 Å². The van der Waals surface area contributed by atoms with Crippen LogP contribution in [0.4, 0.5) is 5.69 Å². The van der Waals surface area contributed by atoms with Crippen LogP contribution >= 0.6 is 0 Å². The highest BCUT2D eigenvalue weighted by Gasteiger charge is 2.26. The molecule has 2 N–H and O–H groups in total. The summed E-state index contributed by atoms with van der Waals surface area (Å²) in [6.07, 6.45) is 0. The fourth-order valence-electron chi connectivity index (χ4n) is 1.47. The maximum atomic E-state index is 11.3. The van der Waals surface area contributed by atoms with Gasteiger partial charge in [-0.15, -0.1) is 0 Å². The van der Waals surface area contributed by atoms with Crippen molar-refractivity contribution in [1.29, 1.82) is 0 Å². The van der Waals surface area contributed by atoms with Gasteiger partial charge in [-0.2, -0.15) is 0 Å². The molecule has 8 heteroatoms. The molecule has 0 heterocycles. The van der Waals surface area contributed by atoms with Crippen LogP contribution in [0.25, 0.3) is 0 Å². The van der Waals surface area contributed by atoms with E-state index in [9.17, 15) is 18.5 Å². The predicted molar refractivity (Wildman–Crippen MR) is 61.9 cm³/mol. The quantitative estimate of drug-likeness (QED) is 0.618. The molecule has 0 fully saturated rings. The van der Waals surface area contributed by atoms with Crippen LogP contribution in [0.5, 0.6) is 0 Å². The van der Waals surface area contributed by atoms with Crippen LogP contribution in [0.3, 0.4) is 0 Å². The van der Waals surface area contributed by atoms with E-state index < -0.39 is 25.5 Å². The van der Waals surface area contributed by atoms with Gasteiger partial charge >= 0.3 is 0 Å². The largest absolute Gasteiger partial charge is 0.305 e. The van der Waals surface area contributed by atoms with Gasteiger partial charge in [-0.25, -0.2) is 13.6 Å². The minimum absolute atomic E-state index is 0.264. The number of nitrogens with two attached hydrogens (primary N) is 1. The van der Waals surface area contributed by atoms with Gasteiger partial charge in [0.1, 0.15) is 0 Å². The molecule has 0 spiro atoms. The number of nitro benzene ring substituents is 1. The van der Waals surface area contributed by atoms with Crippen LogP contribution in [0.2, 0.25) is 0 Å². The Balaban J connectivity index is 3.49. The molecular weight excluding hydrogens is 246 g/mol. The zero-order valence-corrected chi connectivity index (χ0v) is 10.3. The lowest BCUT2D eigenvalue weighted by Crippen LogP contribution is -2.17. The Morgan fingerprint density at radius 1 is 1.41 bits per heavy atom. The van der Waals surface area contributed by atoms with Crippen LogP contribution in [0.1, 0.15) is 5.56 Å². The van der Waals surface area contributed by atoms with Gasteiger partial charge in [0.2, 0.25) is 10.0 Å². The maximum Gasteiger partial charge on any atom is 0.293 e. The predicted octanol–water partition coefficient (Wildman–Crippen LogP) is 0.304. The Kier molecular flexibility index (Phi) is 3.81. The van der Waals surface area contributed by atoms with Crippen molar-refractivity contribution in [1.82, 2.24) is 4.90 Å².